The first-order valence-corrected chi connectivity index (χ1v) is 8.39. The summed E-state index contributed by atoms with van der Waals surface area (Å²) >= 11 is 5.82. The summed E-state index contributed by atoms with van der Waals surface area (Å²) in [5, 5.41) is 0.511. The van der Waals surface area contributed by atoms with Gasteiger partial charge in [-0.3, -0.25) is 4.98 Å². The Bertz CT molecular complexity index is 685. The van der Waals surface area contributed by atoms with Gasteiger partial charge < -0.3 is 0 Å². The van der Waals surface area contributed by atoms with Crippen LogP contribution in [0.2, 0.25) is 5.02 Å². The van der Waals surface area contributed by atoms with Gasteiger partial charge in [-0.25, -0.2) is 8.42 Å². The van der Waals surface area contributed by atoms with Crippen LogP contribution in [0, 0.1) is 0 Å². The van der Waals surface area contributed by atoms with E-state index in [9.17, 15) is 8.42 Å². The quantitative estimate of drug-likeness (QED) is 0.847. The van der Waals surface area contributed by atoms with E-state index in [-0.39, 0.29) is 17.5 Å². The fourth-order valence-corrected chi connectivity index (χ4v) is 3.71. The molecule has 1 aromatic carbocycles. The fraction of sp³-hybridized carbons (Fsp3) is 0.267. The number of aromatic nitrogens is 1. The summed E-state index contributed by atoms with van der Waals surface area (Å²) in [7, 11) is -3.57. The van der Waals surface area contributed by atoms with Crippen molar-refractivity contribution < 1.29 is 8.42 Å². The minimum atomic E-state index is -3.57. The summed E-state index contributed by atoms with van der Waals surface area (Å²) in [6.45, 7) is 3.99. The molecule has 4 nitrogen and oxygen atoms in total. The molecule has 0 aliphatic carbocycles. The van der Waals surface area contributed by atoms with Gasteiger partial charge in [-0.2, -0.15) is 4.31 Å². The van der Waals surface area contributed by atoms with Gasteiger partial charge in [-0.1, -0.05) is 17.7 Å². The van der Waals surface area contributed by atoms with Crippen molar-refractivity contribution in [3.05, 3.63) is 59.4 Å². The Labute approximate surface area is 130 Å². The standard InChI is InChI=1S/C15H17ClN2O2S/c1-12(2)18(11-13-4-3-9-17-10-13)21(19,20)15-7-5-14(16)6-8-15/h3-10,12H,11H2,1-2H3. The van der Waals surface area contributed by atoms with Crippen LogP contribution in [0.1, 0.15) is 19.4 Å². The van der Waals surface area contributed by atoms with Crippen molar-refractivity contribution in [2.75, 3.05) is 0 Å². The highest BCUT2D eigenvalue weighted by Gasteiger charge is 2.27. The number of halogens is 1. The molecular formula is C15H17ClN2O2S. The number of pyridine rings is 1. The van der Waals surface area contributed by atoms with Crippen molar-refractivity contribution in [3.63, 3.8) is 0 Å². The molecule has 1 aromatic heterocycles. The van der Waals surface area contributed by atoms with E-state index in [0.29, 0.717) is 5.02 Å². The third kappa shape index (κ3) is 3.81. The van der Waals surface area contributed by atoms with E-state index in [1.54, 1.807) is 30.6 Å². The molecule has 2 rings (SSSR count). The summed E-state index contributed by atoms with van der Waals surface area (Å²) in [6.07, 6.45) is 3.34. The third-order valence-electron chi connectivity index (χ3n) is 3.06. The van der Waals surface area contributed by atoms with E-state index in [2.05, 4.69) is 4.98 Å². The smallest absolute Gasteiger partial charge is 0.243 e. The molecule has 0 unspecified atom stereocenters. The van der Waals surface area contributed by atoms with E-state index < -0.39 is 10.0 Å². The van der Waals surface area contributed by atoms with Gasteiger partial charge in [-0.05, 0) is 49.7 Å². The molecule has 0 amide bonds. The summed E-state index contributed by atoms with van der Waals surface area (Å²) in [6, 6.07) is 9.70. The normalized spacial score (nSPS) is 12.0. The van der Waals surface area contributed by atoms with E-state index in [1.807, 2.05) is 19.9 Å². The molecule has 0 aliphatic heterocycles. The number of benzene rings is 1. The zero-order chi connectivity index (χ0) is 15.5. The maximum atomic E-state index is 12.8. The van der Waals surface area contributed by atoms with Gasteiger partial charge in [0.05, 0.1) is 4.90 Å². The van der Waals surface area contributed by atoms with Crippen LogP contribution >= 0.6 is 11.6 Å². The highest BCUT2D eigenvalue weighted by molar-refractivity contribution is 7.89. The number of sulfonamides is 1. The molecule has 0 fully saturated rings. The lowest BCUT2D eigenvalue weighted by Crippen LogP contribution is -2.36. The lowest BCUT2D eigenvalue weighted by atomic mass is 10.2. The predicted octanol–water partition coefficient (Wildman–Crippen LogP) is 3.33. The number of hydrogen-bond donors (Lipinski definition) is 0. The van der Waals surface area contributed by atoms with E-state index in [0.717, 1.165) is 5.56 Å². The van der Waals surface area contributed by atoms with Crippen molar-refractivity contribution >= 4 is 21.6 Å². The van der Waals surface area contributed by atoms with Gasteiger partial charge >= 0.3 is 0 Å². The minimum Gasteiger partial charge on any atom is -0.264 e. The summed E-state index contributed by atoms with van der Waals surface area (Å²) < 4.78 is 27.0. The average molecular weight is 325 g/mol. The van der Waals surface area contributed by atoms with Crippen LogP contribution in [0.4, 0.5) is 0 Å². The van der Waals surface area contributed by atoms with Crippen LogP contribution in [0.5, 0.6) is 0 Å². The molecule has 6 heteroatoms. The lowest BCUT2D eigenvalue weighted by Gasteiger charge is -2.26. The first-order chi connectivity index (χ1) is 9.91. The fourth-order valence-electron chi connectivity index (χ4n) is 1.96. The molecule has 0 saturated heterocycles. The summed E-state index contributed by atoms with van der Waals surface area (Å²) in [5.41, 5.74) is 0.851. The second kappa shape index (κ2) is 6.56. The summed E-state index contributed by atoms with van der Waals surface area (Å²) in [4.78, 5) is 4.26. The van der Waals surface area contributed by atoms with E-state index >= 15 is 0 Å². The number of nitrogens with zero attached hydrogens (tertiary/aromatic N) is 2. The minimum absolute atomic E-state index is 0.161. The van der Waals surface area contributed by atoms with Crippen LogP contribution in [-0.2, 0) is 16.6 Å². The first kappa shape index (κ1) is 15.9. The Morgan fingerprint density at radius 3 is 2.38 bits per heavy atom. The van der Waals surface area contributed by atoms with Crippen molar-refractivity contribution in [2.24, 2.45) is 0 Å². The van der Waals surface area contributed by atoms with E-state index in [1.165, 1.54) is 16.4 Å². The SMILES string of the molecule is CC(C)N(Cc1cccnc1)S(=O)(=O)c1ccc(Cl)cc1. The molecule has 0 saturated carbocycles. The Balaban J connectivity index is 2.35. The van der Waals surface area contributed by atoms with Crippen LogP contribution in [0.15, 0.2) is 53.7 Å². The van der Waals surface area contributed by atoms with Crippen molar-refractivity contribution in [1.82, 2.24) is 9.29 Å². The number of hydrogen-bond acceptors (Lipinski definition) is 3. The van der Waals surface area contributed by atoms with Crippen molar-refractivity contribution in [3.8, 4) is 0 Å². The highest BCUT2D eigenvalue weighted by atomic mass is 35.5. The van der Waals surface area contributed by atoms with Crippen LogP contribution < -0.4 is 0 Å². The predicted molar refractivity (Wildman–Crippen MR) is 83.6 cm³/mol. The van der Waals surface area contributed by atoms with Gasteiger partial charge in [0.2, 0.25) is 10.0 Å². The molecule has 0 bridgehead atoms. The monoisotopic (exact) mass is 324 g/mol. The van der Waals surface area contributed by atoms with E-state index in [4.69, 9.17) is 11.6 Å². The zero-order valence-electron chi connectivity index (χ0n) is 11.9. The molecule has 112 valence electrons. The third-order valence-corrected chi connectivity index (χ3v) is 5.35. The van der Waals surface area contributed by atoms with Gasteiger partial charge in [0.15, 0.2) is 0 Å². The molecule has 1 heterocycles. The Hall–Kier alpha value is -1.43. The topological polar surface area (TPSA) is 50.3 Å². The van der Waals surface area contributed by atoms with Gasteiger partial charge in [0, 0.05) is 30.0 Å². The Morgan fingerprint density at radius 2 is 1.86 bits per heavy atom. The number of rotatable bonds is 5. The Kier molecular flexibility index (Phi) is 4.98. The van der Waals surface area contributed by atoms with Crippen LogP contribution in [0.25, 0.3) is 0 Å². The van der Waals surface area contributed by atoms with Crippen molar-refractivity contribution in [2.45, 2.75) is 31.3 Å². The van der Waals surface area contributed by atoms with Gasteiger partial charge in [-0.15, -0.1) is 0 Å². The lowest BCUT2D eigenvalue weighted by molar-refractivity contribution is 0.347. The average Bonchev–Trinajstić information content (AvgIpc) is 2.46. The van der Waals surface area contributed by atoms with Gasteiger partial charge in [0.1, 0.15) is 0 Å². The molecule has 0 aliphatic rings. The maximum Gasteiger partial charge on any atom is 0.243 e. The molecule has 0 atom stereocenters. The van der Waals surface area contributed by atoms with Gasteiger partial charge in [0.25, 0.3) is 0 Å². The van der Waals surface area contributed by atoms with Crippen molar-refractivity contribution in [1.29, 1.82) is 0 Å². The second-order valence-corrected chi connectivity index (χ2v) is 7.29. The maximum absolute atomic E-state index is 12.8. The largest absolute Gasteiger partial charge is 0.264 e. The van der Waals surface area contributed by atoms with Crippen LogP contribution in [0.3, 0.4) is 0 Å². The molecule has 0 spiro atoms. The molecule has 21 heavy (non-hydrogen) atoms. The van der Waals surface area contributed by atoms with Crippen LogP contribution in [-0.4, -0.2) is 23.7 Å². The zero-order valence-corrected chi connectivity index (χ0v) is 13.5. The Morgan fingerprint density at radius 1 is 1.19 bits per heavy atom. The second-order valence-electron chi connectivity index (χ2n) is 4.96. The highest BCUT2D eigenvalue weighted by Crippen LogP contribution is 2.22. The molecule has 2 aromatic rings. The molecular weight excluding hydrogens is 308 g/mol. The molecule has 0 N–H and O–H groups in total. The molecule has 0 radical (unpaired) electrons. The summed E-state index contributed by atoms with van der Waals surface area (Å²) in [5.74, 6) is 0. The first-order valence-electron chi connectivity index (χ1n) is 6.57.